The van der Waals surface area contributed by atoms with E-state index < -0.39 is 0 Å². The summed E-state index contributed by atoms with van der Waals surface area (Å²) in [6, 6.07) is 4.04. The van der Waals surface area contributed by atoms with Crippen LogP contribution in [0.2, 0.25) is 0 Å². The number of nitrogens with zero attached hydrogens (tertiary/aromatic N) is 2. The van der Waals surface area contributed by atoms with Crippen molar-refractivity contribution in [1.82, 2.24) is 15.4 Å². The molecule has 1 aromatic heterocycles. The van der Waals surface area contributed by atoms with E-state index in [9.17, 15) is 0 Å². The molecular weight excluding hydrogens is 178 g/mol. The van der Waals surface area contributed by atoms with Crippen LogP contribution in [0.5, 0.6) is 0 Å². The van der Waals surface area contributed by atoms with E-state index in [2.05, 4.69) is 15.4 Å². The van der Waals surface area contributed by atoms with Crippen LogP contribution < -0.4 is 5.43 Å². The minimum Gasteiger partial charge on any atom is -0.379 e. The van der Waals surface area contributed by atoms with Crippen LogP contribution in [0, 0.1) is 0 Å². The highest BCUT2D eigenvalue weighted by Gasteiger charge is 2.08. The van der Waals surface area contributed by atoms with Crippen molar-refractivity contribution >= 4 is 0 Å². The molecule has 1 fully saturated rings. The summed E-state index contributed by atoms with van der Waals surface area (Å²) in [6.45, 7) is 4.44. The van der Waals surface area contributed by atoms with Gasteiger partial charge in [-0.3, -0.25) is 10.4 Å². The van der Waals surface area contributed by atoms with Gasteiger partial charge in [-0.25, -0.2) is 5.01 Å². The number of aromatic nitrogens is 1. The Bertz CT molecular complexity index is 259. The molecule has 2 rings (SSSR count). The maximum absolute atomic E-state index is 5.26. The van der Waals surface area contributed by atoms with Crippen molar-refractivity contribution in [1.29, 1.82) is 0 Å². The molecule has 1 aliphatic rings. The van der Waals surface area contributed by atoms with Crippen LogP contribution in [-0.4, -0.2) is 36.3 Å². The van der Waals surface area contributed by atoms with Crippen LogP contribution in [0.25, 0.3) is 0 Å². The maximum Gasteiger partial charge on any atom is 0.0608 e. The highest BCUT2D eigenvalue weighted by molar-refractivity contribution is 5.08. The molecule has 4 heteroatoms. The van der Waals surface area contributed by atoms with E-state index in [4.69, 9.17) is 4.74 Å². The lowest BCUT2D eigenvalue weighted by atomic mass is 10.3. The van der Waals surface area contributed by atoms with E-state index in [-0.39, 0.29) is 0 Å². The van der Waals surface area contributed by atoms with E-state index in [1.807, 2.05) is 24.5 Å². The number of hydrogen-bond acceptors (Lipinski definition) is 4. The Morgan fingerprint density at radius 2 is 2.00 bits per heavy atom. The van der Waals surface area contributed by atoms with Gasteiger partial charge in [-0.2, -0.15) is 0 Å². The summed E-state index contributed by atoms with van der Waals surface area (Å²) in [6.07, 6.45) is 3.63. The summed E-state index contributed by atoms with van der Waals surface area (Å²) < 4.78 is 5.26. The Hall–Kier alpha value is -0.970. The van der Waals surface area contributed by atoms with Gasteiger partial charge in [-0.1, -0.05) is 0 Å². The summed E-state index contributed by atoms with van der Waals surface area (Å²) in [7, 11) is 0. The molecule has 0 bridgehead atoms. The molecule has 0 radical (unpaired) electrons. The first kappa shape index (κ1) is 9.58. The Kier molecular flexibility index (Phi) is 3.45. The highest BCUT2D eigenvalue weighted by atomic mass is 16.5. The van der Waals surface area contributed by atoms with Crippen LogP contribution in [0.1, 0.15) is 5.56 Å². The van der Waals surface area contributed by atoms with Crippen LogP contribution in [0.4, 0.5) is 0 Å². The lowest BCUT2D eigenvalue weighted by Gasteiger charge is -2.27. The molecule has 1 saturated heterocycles. The molecule has 14 heavy (non-hydrogen) atoms. The van der Waals surface area contributed by atoms with Gasteiger partial charge in [0, 0.05) is 32.0 Å². The number of hydrogen-bond donors (Lipinski definition) is 1. The van der Waals surface area contributed by atoms with Gasteiger partial charge in [0.05, 0.1) is 13.2 Å². The standard InChI is InChI=1S/C10H15N3O/c1-3-11-4-2-10(1)9-12-13-5-7-14-8-6-13/h1-4,12H,5-9H2. The quantitative estimate of drug-likeness (QED) is 0.755. The zero-order valence-corrected chi connectivity index (χ0v) is 8.15. The fourth-order valence-corrected chi connectivity index (χ4v) is 1.43. The van der Waals surface area contributed by atoms with Gasteiger partial charge in [0.1, 0.15) is 0 Å². The van der Waals surface area contributed by atoms with Crippen LogP contribution >= 0.6 is 0 Å². The first-order valence-electron chi connectivity index (χ1n) is 4.90. The van der Waals surface area contributed by atoms with Crippen molar-refractivity contribution in [3.63, 3.8) is 0 Å². The molecular formula is C10H15N3O. The number of morpholine rings is 1. The van der Waals surface area contributed by atoms with Gasteiger partial charge in [-0.05, 0) is 17.7 Å². The van der Waals surface area contributed by atoms with E-state index >= 15 is 0 Å². The Morgan fingerprint density at radius 3 is 2.71 bits per heavy atom. The Labute approximate surface area is 83.9 Å². The summed E-state index contributed by atoms with van der Waals surface area (Å²) in [5.74, 6) is 0. The van der Waals surface area contributed by atoms with Gasteiger partial charge in [0.15, 0.2) is 0 Å². The first-order valence-corrected chi connectivity index (χ1v) is 4.90. The minimum atomic E-state index is 0.823. The molecule has 0 aromatic carbocycles. The normalized spacial score (nSPS) is 18.3. The molecule has 0 unspecified atom stereocenters. The highest BCUT2D eigenvalue weighted by Crippen LogP contribution is 1.97. The number of hydrazine groups is 1. The summed E-state index contributed by atoms with van der Waals surface area (Å²) in [5, 5.41) is 2.20. The van der Waals surface area contributed by atoms with E-state index in [1.165, 1.54) is 5.56 Å². The van der Waals surface area contributed by atoms with E-state index in [0.29, 0.717) is 0 Å². The van der Waals surface area contributed by atoms with Crippen molar-refractivity contribution in [3.8, 4) is 0 Å². The van der Waals surface area contributed by atoms with Crippen molar-refractivity contribution in [3.05, 3.63) is 30.1 Å². The van der Waals surface area contributed by atoms with Gasteiger partial charge in [0.25, 0.3) is 0 Å². The van der Waals surface area contributed by atoms with E-state index in [0.717, 1.165) is 32.8 Å². The number of nitrogens with one attached hydrogen (secondary N) is 1. The van der Waals surface area contributed by atoms with Gasteiger partial charge < -0.3 is 4.74 Å². The van der Waals surface area contributed by atoms with Crippen molar-refractivity contribution in [2.24, 2.45) is 0 Å². The topological polar surface area (TPSA) is 37.4 Å². The summed E-state index contributed by atoms with van der Waals surface area (Å²) in [5.41, 5.74) is 4.62. The second-order valence-corrected chi connectivity index (χ2v) is 3.29. The van der Waals surface area contributed by atoms with Gasteiger partial charge in [0.2, 0.25) is 0 Å². The third-order valence-electron chi connectivity index (χ3n) is 2.27. The molecule has 0 spiro atoms. The SMILES string of the molecule is c1cc(CNN2CCOCC2)ccn1. The third kappa shape index (κ3) is 2.77. The predicted molar refractivity (Wildman–Crippen MR) is 53.5 cm³/mol. The monoisotopic (exact) mass is 193 g/mol. The average Bonchev–Trinajstić information content (AvgIpc) is 2.29. The number of ether oxygens (including phenoxy) is 1. The fourth-order valence-electron chi connectivity index (χ4n) is 1.43. The fraction of sp³-hybridized carbons (Fsp3) is 0.500. The Balaban J connectivity index is 1.76. The summed E-state index contributed by atoms with van der Waals surface area (Å²) >= 11 is 0. The molecule has 2 heterocycles. The second kappa shape index (κ2) is 5.05. The number of rotatable bonds is 3. The van der Waals surface area contributed by atoms with Crippen molar-refractivity contribution in [2.75, 3.05) is 26.3 Å². The molecule has 0 aliphatic carbocycles. The van der Waals surface area contributed by atoms with Gasteiger partial charge >= 0.3 is 0 Å². The average molecular weight is 193 g/mol. The zero-order valence-electron chi connectivity index (χ0n) is 8.15. The minimum absolute atomic E-state index is 0.823. The van der Waals surface area contributed by atoms with Crippen LogP contribution in [0.15, 0.2) is 24.5 Å². The van der Waals surface area contributed by atoms with Gasteiger partial charge in [-0.15, -0.1) is 0 Å². The first-order chi connectivity index (χ1) is 6.95. The summed E-state index contributed by atoms with van der Waals surface area (Å²) in [4.78, 5) is 3.98. The molecule has 1 N–H and O–H groups in total. The van der Waals surface area contributed by atoms with Crippen LogP contribution in [0.3, 0.4) is 0 Å². The lowest BCUT2D eigenvalue weighted by molar-refractivity contribution is 0.0106. The van der Waals surface area contributed by atoms with Crippen molar-refractivity contribution < 1.29 is 4.74 Å². The Morgan fingerprint density at radius 1 is 1.29 bits per heavy atom. The molecule has 0 saturated carbocycles. The third-order valence-corrected chi connectivity index (χ3v) is 2.27. The second-order valence-electron chi connectivity index (χ2n) is 3.29. The molecule has 0 atom stereocenters. The molecule has 1 aliphatic heterocycles. The number of pyridine rings is 1. The van der Waals surface area contributed by atoms with Crippen LogP contribution in [-0.2, 0) is 11.3 Å². The zero-order chi connectivity index (χ0) is 9.64. The maximum atomic E-state index is 5.26. The smallest absolute Gasteiger partial charge is 0.0608 e. The van der Waals surface area contributed by atoms with E-state index in [1.54, 1.807) is 0 Å². The largest absolute Gasteiger partial charge is 0.379 e. The molecule has 0 amide bonds. The van der Waals surface area contributed by atoms with Crippen molar-refractivity contribution in [2.45, 2.75) is 6.54 Å². The molecule has 76 valence electrons. The molecule has 4 nitrogen and oxygen atoms in total. The predicted octanol–water partition coefficient (Wildman–Crippen LogP) is 0.418. The molecule has 1 aromatic rings. The lowest BCUT2D eigenvalue weighted by Crippen LogP contribution is -2.45.